The van der Waals surface area contributed by atoms with Crippen LogP contribution in [0.5, 0.6) is 11.5 Å². The molecule has 428 valence electrons. The second kappa shape index (κ2) is 27.7. The largest absolute Gasteiger partial charge is 0.483 e. The number of aliphatic hydroxyl groups is 1. The summed E-state index contributed by atoms with van der Waals surface area (Å²) in [6.07, 6.45) is -6.17. The van der Waals surface area contributed by atoms with Gasteiger partial charge in [-0.3, -0.25) is 24.0 Å². The van der Waals surface area contributed by atoms with Crippen LogP contribution in [0.15, 0.2) is 86.8 Å². The van der Waals surface area contributed by atoms with Crippen LogP contribution >= 0.6 is 0 Å². The number of aryl methyl sites for hydroxylation is 1. The predicted molar refractivity (Wildman–Crippen MR) is 281 cm³/mol. The molecular formula is C56H73F3N4O15. The number of ether oxygens (including phenoxy) is 5. The number of nitrogens with one attached hydrogen (secondary N) is 1. The molecule has 0 saturated carbocycles. The Morgan fingerprint density at radius 1 is 0.769 bits per heavy atom. The summed E-state index contributed by atoms with van der Waals surface area (Å²) in [4.78, 5) is 104. The summed E-state index contributed by atoms with van der Waals surface area (Å²) in [6, 6.07) is 18.1. The smallest absolute Gasteiger partial charge is 0.446 e. The summed E-state index contributed by atoms with van der Waals surface area (Å²) in [7, 11) is 0. The van der Waals surface area contributed by atoms with Gasteiger partial charge in [0.15, 0.2) is 11.4 Å². The molecule has 0 bridgehead atoms. The second-order valence-corrected chi connectivity index (χ2v) is 21.4. The molecule has 19 nitrogen and oxygen atoms in total. The molecule has 5 rings (SSSR count). The van der Waals surface area contributed by atoms with Crippen molar-refractivity contribution >= 4 is 36.1 Å². The van der Waals surface area contributed by atoms with Gasteiger partial charge in [0, 0.05) is 36.3 Å². The first-order valence-corrected chi connectivity index (χ1v) is 25.1. The van der Waals surface area contributed by atoms with E-state index >= 15 is 0 Å². The maximum atomic E-state index is 13.9. The number of fused-ring (bicyclic) bond motifs is 1. The number of aliphatic hydroxyl groups excluding tert-OH is 1. The Morgan fingerprint density at radius 3 is 1.69 bits per heavy atom. The van der Waals surface area contributed by atoms with E-state index in [0.29, 0.717) is 12.2 Å². The second-order valence-electron chi connectivity index (χ2n) is 21.4. The molecule has 0 fully saturated rings. The van der Waals surface area contributed by atoms with Crippen molar-refractivity contribution in [1.29, 1.82) is 0 Å². The Balaban J connectivity index is 0.000000378. The van der Waals surface area contributed by atoms with Crippen LogP contribution in [-0.4, -0.2) is 110 Å². The SMILES string of the molecule is CC(C)N1CC(C(=O)OC(C)(C)C)n2c(CO)cc(=O)c(OCc3ccccc3)c2C1=O.CCc1cc(=O)c(OCc2ccccc2)c(C(=O)N(CC(NC(=O)OC(C)(C)C)C(=O)OC(C)(C)C)C(C)C)o1.O=CC(F)(F)F. The van der Waals surface area contributed by atoms with Crippen molar-refractivity contribution in [2.75, 3.05) is 13.1 Å². The highest BCUT2D eigenvalue weighted by atomic mass is 19.4. The average molecular weight is 1100 g/mol. The molecule has 0 spiro atoms. The minimum Gasteiger partial charge on any atom is -0.483 e. The van der Waals surface area contributed by atoms with Crippen molar-refractivity contribution in [3.05, 3.63) is 127 Å². The van der Waals surface area contributed by atoms with Crippen LogP contribution in [0.2, 0.25) is 0 Å². The van der Waals surface area contributed by atoms with Crippen molar-refractivity contribution in [2.24, 2.45) is 0 Å². The highest BCUT2D eigenvalue weighted by molar-refractivity contribution is 5.98. The zero-order chi connectivity index (χ0) is 59.1. The number of esters is 2. The van der Waals surface area contributed by atoms with Crippen molar-refractivity contribution in [3.8, 4) is 11.5 Å². The number of rotatable bonds is 16. The minimum atomic E-state index is -4.64. The monoisotopic (exact) mass is 1100 g/mol. The lowest BCUT2D eigenvalue weighted by molar-refractivity contribution is -0.160. The maximum Gasteiger partial charge on any atom is 0.446 e. The summed E-state index contributed by atoms with van der Waals surface area (Å²) >= 11 is 0. The number of nitrogens with zero attached hydrogens (tertiary/aromatic N) is 3. The van der Waals surface area contributed by atoms with Gasteiger partial charge in [0.2, 0.25) is 28.7 Å². The van der Waals surface area contributed by atoms with Gasteiger partial charge in [-0.15, -0.1) is 0 Å². The van der Waals surface area contributed by atoms with Crippen LogP contribution in [0.25, 0.3) is 0 Å². The van der Waals surface area contributed by atoms with Crippen LogP contribution < -0.4 is 25.6 Å². The number of amides is 3. The first-order valence-electron chi connectivity index (χ1n) is 25.1. The molecule has 4 aromatic rings. The molecule has 2 N–H and O–H groups in total. The van der Waals surface area contributed by atoms with E-state index in [-0.39, 0.29) is 61.0 Å². The number of hydrogen-bond donors (Lipinski definition) is 2. The van der Waals surface area contributed by atoms with Gasteiger partial charge in [0.05, 0.1) is 19.7 Å². The van der Waals surface area contributed by atoms with Gasteiger partial charge in [0.1, 0.15) is 47.9 Å². The van der Waals surface area contributed by atoms with E-state index in [1.54, 1.807) is 83.1 Å². The predicted octanol–water partition coefficient (Wildman–Crippen LogP) is 8.28. The molecule has 22 heteroatoms. The zero-order valence-electron chi connectivity index (χ0n) is 46.7. The summed E-state index contributed by atoms with van der Waals surface area (Å²) in [5.41, 5.74) is -1.70. The molecule has 3 heterocycles. The van der Waals surface area contributed by atoms with Crippen LogP contribution in [0.4, 0.5) is 18.0 Å². The Hall–Kier alpha value is -7.49. The van der Waals surface area contributed by atoms with Gasteiger partial charge < -0.3 is 52.9 Å². The van der Waals surface area contributed by atoms with Crippen molar-refractivity contribution in [1.82, 2.24) is 19.7 Å². The van der Waals surface area contributed by atoms with Crippen molar-refractivity contribution in [2.45, 2.75) is 170 Å². The van der Waals surface area contributed by atoms with E-state index in [1.165, 1.54) is 26.5 Å². The van der Waals surface area contributed by atoms with Crippen LogP contribution in [-0.2, 0) is 54.8 Å². The number of alkyl carbamates (subject to hydrolysis) is 1. The number of aldehydes is 1. The minimum absolute atomic E-state index is 0.0414. The van der Waals surface area contributed by atoms with Gasteiger partial charge in [0.25, 0.3) is 11.8 Å². The Labute approximate surface area is 451 Å². The summed E-state index contributed by atoms with van der Waals surface area (Å²) in [5, 5.41) is 12.5. The lowest BCUT2D eigenvalue weighted by atomic mass is 10.1. The summed E-state index contributed by atoms with van der Waals surface area (Å²) < 4.78 is 66.6. The first kappa shape index (κ1) is 64.8. The summed E-state index contributed by atoms with van der Waals surface area (Å²) in [6.45, 7) is 23.8. The highest BCUT2D eigenvalue weighted by Gasteiger charge is 2.42. The lowest BCUT2D eigenvalue weighted by Crippen LogP contribution is -2.54. The number of carbonyl (C=O) groups excluding carboxylic acids is 6. The number of halogens is 3. The van der Waals surface area contributed by atoms with Crippen LogP contribution in [0.1, 0.15) is 147 Å². The Bertz CT molecular complexity index is 2810. The number of hydrogen-bond acceptors (Lipinski definition) is 15. The highest BCUT2D eigenvalue weighted by Crippen LogP contribution is 2.32. The van der Waals surface area contributed by atoms with Crippen molar-refractivity contribution in [3.63, 3.8) is 0 Å². The third-order valence-electron chi connectivity index (χ3n) is 10.6. The maximum absolute atomic E-state index is 13.9. The third kappa shape index (κ3) is 20.1. The summed E-state index contributed by atoms with van der Waals surface area (Å²) in [5.74, 6) is -2.76. The number of pyridine rings is 1. The van der Waals surface area contributed by atoms with Gasteiger partial charge in [-0.05, 0) is 101 Å². The Morgan fingerprint density at radius 2 is 1.26 bits per heavy atom. The van der Waals surface area contributed by atoms with Gasteiger partial charge in [-0.2, -0.15) is 13.2 Å². The van der Waals surface area contributed by atoms with Gasteiger partial charge >= 0.3 is 24.2 Å². The number of carbonyl (C=O) groups is 6. The molecule has 3 amide bonds. The molecular weight excluding hydrogens is 1030 g/mol. The van der Waals surface area contributed by atoms with E-state index in [2.05, 4.69) is 5.32 Å². The fourth-order valence-electron chi connectivity index (χ4n) is 7.25. The normalized spacial score (nSPS) is 13.9. The van der Waals surface area contributed by atoms with E-state index < -0.39 is 94.7 Å². The number of aromatic nitrogens is 1. The van der Waals surface area contributed by atoms with Crippen LogP contribution in [0.3, 0.4) is 0 Å². The fourth-order valence-corrected chi connectivity index (χ4v) is 7.25. The van der Waals surface area contributed by atoms with Crippen LogP contribution in [0, 0.1) is 0 Å². The Kier molecular flexibility index (Phi) is 23.0. The van der Waals surface area contributed by atoms with Gasteiger partial charge in [-0.1, -0.05) is 67.6 Å². The van der Waals surface area contributed by atoms with Gasteiger partial charge in [-0.25, -0.2) is 14.4 Å². The number of benzene rings is 2. The molecule has 78 heavy (non-hydrogen) atoms. The molecule has 2 aromatic carbocycles. The third-order valence-corrected chi connectivity index (χ3v) is 10.6. The van der Waals surface area contributed by atoms with E-state index in [1.807, 2.05) is 74.5 Å². The first-order chi connectivity index (χ1) is 36.1. The number of alkyl halides is 3. The quantitative estimate of drug-likeness (QED) is 0.0610. The van der Waals surface area contributed by atoms with E-state index in [9.17, 15) is 51.8 Å². The topological polar surface area (TPSA) is 240 Å². The standard InChI is InChI=1S/C30H42N2O8.C24H30N2O6.C2HF3O/c1-10-21-16-23(33)24(37-18-20-14-12-11-13-15-20)25(38-21)26(34)32(19(2)3)17-22(27(35)39-29(4,5)6)31-28(36)40-30(7,8)9;1-15(2)25-12-18(23(30)32-24(3,4)5)26-17(13-27)11-19(28)21(20(26)22(25)29)31-14-16-9-7-6-8-10-16;3-2(4,5)1-6/h11-16,19,22H,10,17-18H2,1-9H3,(H,31,36);6-11,15,18,27H,12-14H2,1-5H3;1H. The fraction of sp³-hybridized carbons (Fsp3) is 0.500. The van der Waals surface area contributed by atoms with E-state index in [0.717, 1.165) is 11.1 Å². The van der Waals surface area contributed by atoms with Crippen molar-refractivity contribution < 1.29 is 75.1 Å². The molecule has 0 radical (unpaired) electrons. The molecule has 1 aliphatic rings. The molecule has 2 unspecified atom stereocenters. The lowest BCUT2D eigenvalue weighted by Gasteiger charge is -2.39. The molecule has 0 saturated heterocycles. The molecule has 2 aromatic heterocycles. The molecule has 2 atom stereocenters. The molecule has 1 aliphatic heterocycles. The zero-order valence-corrected chi connectivity index (χ0v) is 46.7. The average Bonchev–Trinajstić information content (AvgIpc) is 3.33. The molecule has 0 aliphatic carbocycles. The van der Waals surface area contributed by atoms with E-state index in [4.69, 9.17) is 32.9 Å².